The van der Waals surface area contributed by atoms with Gasteiger partial charge in [0.15, 0.2) is 12.1 Å². The molecule has 0 saturated carbocycles. The molecule has 0 spiro atoms. The molecule has 2 unspecified atom stereocenters. The Kier molecular flexibility index (Phi) is 6.85. The number of anilines is 1. The minimum absolute atomic E-state index is 0.0796. The summed E-state index contributed by atoms with van der Waals surface area (Å²) >= 11 is 0. The molecule has 0 aromatic heterocycles. The van der Waals surface area contributed by atoms with Crippen molar-refractivity contribution in [1.82, 2.24) is 9.80 Å². The van der Waals surface area contributed by atoms with Gasteiger partial charge in [0.1, 0.15) is 11.6 Å². The van der Waals surface area contributed by atoms with Crippen LogP contribution in [0.3, 0.4) is 0 Å². The molecule has 2 atom stereocenters. The van der Waals surface area contributed by atoms with Gasteiger partial charge in [-0.1, -0.05) is 36.4 Å². The summed E-state index contributed by atoms with van der Waals surface area (Å²) in [6.07, 6.45) is 0.291. The van der Waals surface area contributed by atoms with Crippen molar-refractivity contribution < 1.29 is 27.9 Å². The Morgan fingerprint density at radius 1 is 0.919 bits per heavy atom. The summed E-state index contributed by atoms with van der Waals surface area (Å²) < 4.78 is 33.0. The highest BCUT2D eigenvalue weighted by atomic mass is 19.1. The summed E-state index contributed by atoms with van der Waals surface area (Å²) in [6.45, 7) is 1.32. The predicted molar refractivity (Wildman–Crippen MR) is 132 cm³/mol. The van der Waals surface area contributed by atoms with E-state index in [1.807, 2.05) is 0 Å². The maximum Gasteiger partial charge on any atom is 0.411 e. The molecule has 0 aliphatic carbocycles. The van der Waals surface area contributed by atoms with Gasteiger partial charge in [-0.15, -0.1) is 0 Å². The van der Waals surface area contributed by atoms with Crippen LogP contribution in [-0.2, 0) is 16.1 Å². The van der Waals surface area contributed by atoms with Crippen molar-refractivity contribution in [3.8, 4) is 0 Å². The van der Waals surface area contributed by atoms with Gasteiger partial charge < -0.3 is 15.0 Å². The minimum Gasteiger partial charge on any atom is -0.438 e. The lowest BCUT2D eigenvalue weighted by molar-refractivity contribution is -0.135. The van der Waals surface area contributed by atoms with E-state index in [1.54, 1.807) is 47.4 Å². The fraction of sp³-hybridized carbons (Fsp3) is 0.250. The fourth-order valence-electron chi connectivity index (χ4n) is 4.70. The standard InChI is InChI=1S/C28H25F2N3O4/c29-20-11-7-18(8-12-20)17-33-24(27(35)32-15-3-4-16-32)25(37-28(33)36)19-9-13-21(14-10-19)31-26(34)22-5-1-2-6-23(22)30/h1-2,5-14,24-25H,3-4,15-17H2,(H,31,34). The predicted octanol–water partition coefficient (Wildman–Crippen LogP) is 4.90. The summed E-state index contributed by atoms with van der Waals surface area (Å²) in [5.74, 6) is -1.81. The normalized spacial score (nSPS) is 19.1. The maximum absolute atomic E-state index is 13.9. The number of amides is 3. The number of nitrogens with zero attached hydrogens (tertiary/aromatic N) is 2. The lowest BCUT2D eigenvalue weighted by atomic mass is 10.00. The number of ether oxygens (including phenoxy) is 1. The third-order valence-corrected chi connectivity index (χ3v) is 6.64. The fourth-order valence-corrected chi connectivity index (χ4v) is 4.70. The largest absolute Gasteiger partial charge is 0.438 e. The monoisotopic (exact) mass is 505 g/mol. The maximum atomic E-state index is 13.9. The molecule has 9 heteroatoms. The molecule has 3 aromatic rings. The van der Waals surface area contributed by atoms with Crippen LogP contribution >= 0.6 is 0 Å². The van der Waals surface area contributed by atoms with Gasteiger partial charge in [0, 0.05) is 18.8 Å². The Hall–Kier alpha value is -4.27. The van der Waals surface area contributed by atoms with Crippen LogP contribution in [0.1, 0.15) is 40.4 Å². The Balaban J connectivity index is 1.38. The Morgan fingerprint density at radius 3 is 2.27 bits per heavy atom. The number of halogens is 2. The molecule has 3 amide bonds. The summed E-state index contributed by atoms with van der Waals surface area (Å²) in [5.41, 5.74) is 1.59. The molecule has 5 rings (SSSR count). The van der Waals surface area contributed by atoms with Gasteiger partial charge in [-0.3, -0.25) is 14.5 Å². The van der Waals surface area contributed by atoms with Crippen LogP contribution < -0.4 is 5.32 Å². The van der Waals surface area contributed by atoms with Gasteiger partial charge in [0.05, 0.1) is 12.1 Å². The Morgan fingerprint density at radius 2 is 1.59 bits per heavy atom. The second-order valence-electron chi connectivity index (χ2n) is 9.09. The second kappa shape index (κ2) is 10.4. The molecule has 37 heavy (non-hydrogen) atoms. The third-order valence-electron chi connectivity index (χ3n) is 6.64. The lowest BCUT2D eigenvalue weighted by Crippen LogP contribution is -2.47. The van der Waals surface area contributed by atoms with E-state index in [2.05, 4.69) is 5.32 Å². The van der Waals surface area contributed by atoms with E-state index < -0.39 is 35.8 Å². The van der Waals surface area contributed by atoms with Gasteiger partial charge in [-0.25, -0.2) is 13.6 Å². The van der Waals surface area contributed by atoms with Crippen LogP contribution in [0.4, 0.5) is 19.3 Å². The molecule has 2 saturated heterocycles. The van der Waals surface area contributed by atoms with Gasteiger partial charge in [-0.2, -0.15) is 0 Å². The number of carbonyl (C=O) groups is 3. The molecule has 7 nitrogen and oxygen atoms in total. The zero-order chi connectivity index (χ0) is 25.9. The average Bonchev–Trinajstić information content (AvgIpc) is 3.55. The first kappa shape index (κ1) is 24.4. The highest BCUT2D eigenvalue weighted by Gasteiger charge is 2.48. The van der Waals surface area contributed by atoms with Crippen LogP contribution in [-0.4, -0.2) is 46.8 Å². The zero-order valence-corrected chi connectivity index (χ0v) is 19.9. The first-order valence-corrected chi connectivity index (χ1v) is 12.1. The molecule has 1 N–H and O–H groups in total. The van der Waals surface area contributed by atoms with E-state index in [4.69, 9.17) is 4.74 Å². The Labute approximate surface area is 212 Å². The van der Waals surface area contributed by atoms with E-state index in [1.165, 1.54) is 35.2 Å². The Bertz CT molecular complexity index is 1310. The van der Waals surface area contributed by atoms with E-state index in [-0.39, 0.29) is 18.0 Å². The number of cyclic esters (lactones) is 1. The SMILES string of the molecule is O=C(Nc1ccc(C2OC(=O)N(Cc3ccc(F)cc3)C2C(=O)N2CCCC2)cc1)c1ccccc1F. The zero-order valence-electron chi connectivity index (χ0n) is 19.9. The van der Waals surface area contributed by atoms with Crippen molar-refractivity contribution in [2.24, 2.45) is 0 Å². The molecule has 3 aromatic carbocycles. The van der Waals surface area contributed by atoms with Gasteiger partial charge >= 0.3 is 6.09 Å². The van der Waals surface area contributed by atoms with Crippen molar-refractivity contribution in [2.45, 2.75) is 31.5 Å². The average molecular weight is 506 g/mol. The van der Waals surface area contributed by atoms with Crippen molar-refractivity contribution in [3.63, 3.8) is 0 Å². The number of likely N-dealkylation sites (tertiary alicyclic amines) is 1. The summed E-state index contributed by atoms with van der Waals surface area (Å²) in [5, 5.41) is 2.65. The van der Waals surface area contributed by atoms with Gasteiger partial charge in [0.25, 0.3) is 5.91 Å². The minimum atomic E-state index is -0.894. The van der Waals surface area contributed by atoms with Crippen LogP contribution in [0.5, 0.6) is 0 Å². The number of hydrogen-bond acceptors (Lipinski definition) is 4. The van der Waals surface area contributed by atoms with Gasteiger partial charge in [-0.05, 0) is 60.4 Å². The summed E-state index contributed by atoms with van der Waals surface area (Å²) in [6, 6.07) is 17.1. The first-order chi connectivity index (χ1) is 17.9. The molecular weight excluding hydrogens is 480 g/mol. The van der Waals surface area contributed by atoms with Gasteiger partial charge in [0.2, 0.25) is 5.91 Å². The number of nitrogens with one attached hydrogen (secondary N) is 1. The number of benzene rings is 3. The van der Waals surface area contributed by atoms with E-state index in [0.717, 1.165) is 12.8 Å². The van der Waals surface area contributed by atoms with Crippen LogP contribution in [0.2, 0.25) is 0 Å². The third kappa shape index (κ3) is 5.16. The molecule has 2 fully saturated rings. The number of rotatable bonds is 6. The highest BCUT2D eigenvalue weighted by molar-refractivity contribution is 6.04. The second-order valence-corrected chi connectivity index (χ2v) is 9.09. The van der Waals surface area contributed by atoms with Crippen LogP contribution in [0.15, 0.2) is 72.8 Å². The first-order valence-electron chi connectivity index (χ1n) is 12.1. The molecule has 2 heterocycles. The molecule has 2 aliphatic heterocycles. The molecule has 0 radical (unpaired) electrons. The van der Waals surface area contributed by atoms with Crippen molar-refractivity contribution >= 4 is 23.6 Å². The van der Waals surface area contributed by atoms with Crippen molar-refractivity contribution in [3.05, 3.63) is 101 Å². The van der Waals surface area contributed by atoms with Crippen LogP contribution in [0.25, 0.3) is 0 Å². The van der Waals surface area contributed by atoms with Crippen LogP contribution in [0, 0.1) is 11.6 Å². The smallest absolute Gasteiger partial charge is 0.411 e. The van der Waals surface area contributed by atoms with E-state index in [9.17, 15) is 23.2 Å². The summed E-state index contributed by atoms with van der Waals surface area (Å²) in [4.78, 5) is 42.0. The summed E-state index contributed by atoms with van der Waals surface area (Å²) in [7, 11) is 0. The molecular formula is C28H25F2N3O4. The number of carbonyl (C=O) groups excluding carboxylic acids is 3. The molecule has 0 bridgehead atoms. The van der Waals surface area contributed by atoms with E-state index in [0.29, 0.717) is 29.9 Å². The van der Waals surface area contributed by atoms with E-state index >= 15 is 0 Å². The highest BCUT2D eigenvalue weighted by Crippen LogP contribution is 2.36. The number of hydrogen-bond donors (Lipinski definition) is 1. The van der Waals surface area contributed by atoms with Crippen molar-refractivity contribution in [2.75, 3.05) is 18.4 Å². The molecule has 190 valence electrons. The lowest BCUT2D eigenvalue weighted by Gasteiger charge is -2.28. The quantitative estimate of drug-likeness (QED) is 0.517. The van der Waals surface area contributed by atoms with Crippen molar-refractivity contribution in [1.29, 1.82) is 0 Å². The molecule has 2 aliphatic rings. The topological polar surface area (TPSA) is 79.0 Å².